The quantitative estimate of drug-likeness (QED) is 0.115. The third kappa shape index (κ3) is 38.2. The van der Waals surface area contributed by atoms with Crippen LogP contribution in [0.25, 0.3) is 0 Å². The summed E-state index contributed by atoms with van der Waals surface area (Å²) in [6.07, 6.45) is 29.0. The van der Waals surface area contributed by atoms with E-state index < -0.39 is 0 Å². The Morgan fingerprint density at radius 2 is 0.625 bits per heavy atom. The molecule has 0 heterocycles. The van der Waals surface area contributed by atoms with E-state index >= 15 is 0 Å². The average molecular weight is 589 g/mol. The number of rotatable bonds is 22. The summed E-state index contributed by atoms with van der Waals surface area (Å²) in [6.45, 7) is 7.37. The topological polar surface area (TPSA) is 12.0 Å². The van der Waals surface area contributed by atoms with Gasteiger partial charge in [0.1, 0.15) is 0 Å². The van der Waals surface area contributed by atoms with Gasteiger partial charge in [-0.1, -0.05) is 117 Å². The molecular weight excluding hydrogens is 524 g/mol. The predicted octanol–water partition coefficient (Wildman–Crippen LogP) is 6.32. The fraction of sp³-hybridized carbons (Fsp3) is 1.00. The minimum atomic E-state index is 0. The van der Waals surface area contributed by atoms with Gasteiger partial charge in [0.2, 0.25) is 0 Å². The fourth-order valence-corrected chi connectivity index (χ4v) is 4.17. The second kappa shape index (κ2) is 34.0. The zero-order valence-electron chi connectivity index (χ0n) is 23.3. The standard InChI is InChI=1S/C26H56N.C2H7N.2BrH/c1-5-7-9-11-13-14-15-16-17-18-19-20-22-24-26-27(3,4)25-23-21-12-10-8-6-2;1-3-2;;/h5-26H2,1-4H3;3H,1-2H3;2*1H/q+1;;;/p-1. The molecule has 0 atom stereocenters. The molecule has 200 valence electrons. The molecule has 0 aromatic carbocycles. The first-order valence-corrected chi connectivity index (χ1v) is 13.9. The molecule has 0 spiro atoms. The Hall–Kier alpha value is 0.880. The van der Waals surface area contributed by atoms with Gasteiger partial charge >= 0.3 is 0 Å². The van der Waals surface area contributed by atoms with Gasteiger partial charge in [-0.25, -0.2) is 0 Å². The van der Waals surface area contributed by atoms with Crippen molar-refractivity contribution in [3.8, 4) is 0 Å². The molecule has 0 rings (SSSR count). The van der Waals surface area contributed by atoms with Crippen LogP contribution in [-0.2, 0) is 0 Å². The van der Waals surface area contributed by atoms with Crippen LogP contribution in [0.5, 0.6) is 0 Å². The summed E-state index contributed by atoms with van der Waals surface area (Å²) in [7, 11) is 8.63. The molecule has 0 radical (unpaired) electrons. The van der Waals surface area contributed by atoms with Crippen molar-refractivity contribution in [1.82, 2.24) is 5.32 Å². The van der Waals surface area contributed by atoms with Crippen LogP contribution in [0.15, 0.2) is 0 Å². The monoisotopic (exact) mass is 586 g/mol. The zero-order chi connectivity index (χ0) is 22.8. The molecule has 4 heteroatoms. The van der Waals surface area contributed by atoms with Crippen molar-refractivity contribution in [3.63, 3.8) is 0 Å². The van der Waals surface area contributed by atoms with Crippen LogP contribution in [-0.4, -0.2) is 45.8 Å². The highest BCUT2D eigenvalue weighted by Crippen LogP contribution is 2.14. The smallest absolute Gasteiger partial charge is 0.0782 e. The number of halogens is 2. The van der Waals surface area contributed by atoms with Gasteiger partial charge in [-0.05, 0) is 39.8 Å². The summed E-state index contributed by atoms with van der Waals surface area (Å²) in [5, 5.41) is 2.75. The van der Waals surface area contributed by atoms with E-state index in [2.05, 4.69) is 33.3 Å². The van der Waals surface area contributed by atoms with Crippen molar-refractivity contribution >= 4 is 17.0 Å². The summed E-state index contributed by atoms with van der Waals surface area (Å²) >= 11 is 0. The second-order valence-electron chi connectivity index (χ2n) is 10.2. The molecule has 0 fully saturated rings. The van der Waals surface area contributed by atoms with E-state index in [0.717, 1.165) is 0 Å². The largest absolute Gasteiger partial charge is 1.00 e. The van der Waals surface area contributed by atoms with E-state index in [-0.39, 0.29) is 34.0 Å². The summed E-state index contributed by atoms with van der Waals surface area (Å²) in [6, 6.07) is 0. The van der Waals surface area contributed by atoms with Crippen molar-refractivity contribution < 1.29 is 21.5 Å². The van der Waals surface area contributed by atoms with Gasteiger partial charge in [0.05, 0.1) is 27.2 Å². The van der Waals surface area contributed by atoms with E-state index in [4.69, 9.17) is 0 Å². The SMILES string of the molecule is Br.CCCCCCCCCCCCCCCC[N+](C)(C)CCCCCCCC.CNC.[Br-]. The van der Waals surface area contributed by atoms with Crippen LogP contribution in [0.4, 0.5) is 0 Å². The highest BCUT2D eigenvalue weighted by atomic mass is 79.9. The number of hydrogen-bond donors (Lipinski definition) is 1. The molecule has 0 saturated heterocycles. The molecule has 1 N–H and O–H groups in total. The van der Waals surface area contributed by atoms with Gasteiger partial charge in [-0.3, -0.25) is 0 Å². The lowest BCUT2D eigenvalue weighted by atomic mass is 10.0. The summed E-state index contributed by atoms with van der Waals surface area (Å²) in [4.78, 5) is 0. The fourth-order valence-electron chi connectivity index (χ4n) is 4.17. The van der Waals surface area contributed by atoms with Crippen LogP contribution in [0.3, 0.4) is 0 Å². The van der Waals surface area contributed by atoms with Crippen LogP contribution in [0, 0.1) is 0 Å². The molecule has 0 unspecified atom stereocenters. The maximum Gasteiger partial charge on any atom is 0.0782 e. The van der Waals surface area contributed by atoms with E-state index in [1.165, 1.54) is 146 Å². The van der Waals surface area contributed by atoms with Crippen LogP contribution in [0.1, 0.15) is 142 Å². The molecule has 0 aliphatic rings. The van der Waals surface area contributed by atoms with E-state index in [9.17, 15) is 0 Å². The highest BCUT2D eigenvalue weighted by Gasteiger charge is 2.13. The third-order valence-corrected chi connectivity index (χ3v) is 6.23. The van der Waals surface area contributed by atoms with Crippen LogP contribution >= 0.6 is 17.0 Å². The number of unbranched alkanes of at least 4 members (excludes halogenated alkanes) is 18. The number of quaternary nitrogens is 1. The average Bonchev–Trinajstić information content (AvgIpc) is 2.71. The third-order valence-electron chi connectivity index (χ3n) is 6.23. The van der Waals surface area contributed by atoms with Crippen molar-refractivity contribution in [2.75, 3.05) is 41.3 Å². The second-order valence-corrected chi connectivity index (χ2v) is 10.2. The summed E-state index contributed by atoms with van der Waals surface area (Å²) in [5.41, 5.74) is 0. The molecule has 0 saturated carbocycles. The maximum absolute atomic E-state index is 2.75. The number of nitrogens with zero attached hydrogens (tertiary/aromatic N) is 1. The van der Waals surface area contributed by atoms with Gasteiger partial charge in [0.25, 0.3) is 0 Å². The molecule has 32 heavy (non-hydrogen) atoms. The Bertz CT molecular complexity index is 299. The number of nitrogens with one attached hydrogen (secondary N) is 1. The van der Waals surface area contributed by atoms with Crippen LogP contribution in [0.2, 0.25) is 0 Å². The van der Waals surface area contributed by atoms with Gasteiger partial charge in [-0.15, -0.1) is 17.0 Å². The normalized spacial score (nSPS) is 10.7. The lowest BCUT2D eigenvalue weighted by Crippen LogP contribution is -3.00. The first-order valence-electron chi connectivity index (χ1n) is 13.9. The van der Waals surface area contributed by atoms with Gasteiger partial charge in [-0.2, -0.15) is 0 Å². The van der Waals surface area contributed by atoms with Crippen molar-refractivity contribution in [3.05, 3.63) is 0 Å². The first kappa shape index (κ1) is 40.1. The Morgan fingerprint density at radius 1 is 0.438 bits per heavy atom. The van der Waals surface area contributed by atoms with E-state index in [1.54, 1.807) is 0 Å². The lowest BCUT2D eigenvalue weighted by Gasteiger charge is -2.30. The molecule has 0 amide bonds. The van der Waals surface area contributed by atoms with Gasteiger partial charge in [0, 0.05) is 0 Å². The zero-order valence-corrected chi connectivity index (χ0v) is 26.6. The van der Waals surface area contributed by atoms with Crippen molar-refractivity contribution in [2.45, 2.75) is 142 Å². The molecule has 0 aromatic rings. The molecule has 0 bridgehead atoms. The first-order chi connectivity index (χ1) is 14.5. The van der Waals surface area contributed by atoms with E-state index in [1.807, 2.05) is 14.1 Å². The van der Waals surface area contributed by atoms with Crippen LogP contribution < -0.4 is 22.3 Å². The van der Waals surface area contributed by atoms with Gasteiger partial charge in [0.15, 0.2) is 0 Å². The van der Waals surface area contributed by atoms with Crippen molar-refractivity contribution in [2.24, 2.45) is 0 Å². The summed E-state index contributed by atoms with van der Waals surface area (Å²) in [5.74, 6) is 0. The Kier molecular flexibility index (Phi) is 42.6. The number of hydrogen-bond acceptors (Lipinski definition) is 1. The minimum Gasteiger partial charge on any atom is -1.00 e. The van der Waals surface area contributed by atoms with E-state index in [0.29, 0.717) is 0 Å². The maximum atomic E-state index is 2.75. The minimum absolute atomic E-state index is 0. The van der Waals surface area contributed by atoms with Gasteiger partial charge < -0.3 is 26.8 Å². The molecule has 2 nitrogen and oxygen atoms in total. The highest BCUT2D eigenvalue weighted by molar-refractivity contribution is 8.93. The molecule has 0 aliphatic carbocycles. The molecule has 0 aliphatic heterocycles. The van der Waals surface area contributed by atoms with Crippen molar-refractivity contribution in [1.29, 1.82) is 0 Å². The Balaban J connectivity index is -0.000000738. The predicted molar refractivity (Wildman–Crippen MR) is 151 cm³/mol. The Labute approximate surface area is 226 Å². The lowest BCUT2D eigenvalue weighted by molar-refractivity contribution is -0.890. The molecular formula is C28H64Br2N2. The summed E-state index contributed by atoms with van der Waals surface area (Å²) < 4.78 is 1.24. The molecule has 0 aromatic heterocycles. The Morgan fingerprint density at radius 3 is 0.844 bits per heavy atom.